The summed E-state index contributed by atoms with van der Waals surface area (Å²) in [6, 6.07) is 7.32. The van der Waals surface area contributed by atoms with Crippen LogP contribution >= 0.6 is 0 Å². The van der Waals surface area contributed by atoms with E-state index in [1.165, 1.54) is 6.42 Å². The minimum absolute atomic E-state index is 0.0597. The predicted molar refractivity (Wildman–Crippen MR) is 82.7 cm³/mol. The Morgan fingerprint density at radius 2 is 2.00 bits per heavy atom. The van der Waals surface area contributed by atoms with Crippen molar-refractivity contribution in [1.29, 1.82) is 0 Å². The summed E-state index contributed by atoms with van der Waals surface area (Å²) in [7, 11) is 0. The van der Waals surface area contributed by atoms with E-state index in [1.807, 2.05) is 24.3 Å². The number of likely N-dealkylation sites (tertiary alicyclic amines) is 1. The number of hydrogen-bond acceptors (Lipinski definition) is 3. The molecule has 0 bridgehead atoms. The minimum atomic E-state index is -0.808. The van der Waals surface area contributed by atoms with Crippen molar-refractivity contribution in [2.45, 2.75) is 26.7 Å². The Morgan fingerprint density at radius 3 is 2.62 bits per heavy atom. The predicted octanol–water partition coefficient (Wildman–Crippen LogP) is 2.67. The van der Waals surface area contributed by atoms with Crippen molar-refractivity contribution in [3.63, 3.8) is 0 Å². The second kappa shape index (κ2) is 7.46. The van der Waals surface area contributed by atoms with Gasteiger partial charge in [0.1, 0.15) is 12.4 Å². The van der Waals surface area contributed by atoms with Crippen LogP contribution in [-0.2, 0) is 11.2 Å². The van der Waals surface area contributed by atoms with Gasteiger partial charge in [-0.1, -0.05) is 26.0 Å². The number of carbonyl (C=O) groups is 1. The van der Waals surface area contributed by atoms with Crippen LogP contribution in [0.25, 0.3) is 0 Å². The third kappa shape index (κ3) is 5.05. The van der Waals surface area contributed by atoms with Crippen molar-refractivity contribution in [2.24, 2.45) is 11.8 Å². The molecule has 1 aromatic rings. The molecule has 0 amide bonds. The molecular formula is C17H25NO3. The maximum Gasteiger partial charge on any atom is 0.307 e. The van der Waals surface area contributed by atoms with E-state index in [0.717, 1.165) is 42.8 Å². The van der Waals surface area contributed by atoms with Crippen LogP contribution in [0.15, 0.2) is 24.3 Å². The van der Waals surface area contributed by atoms with Crippen LogP contribution in [0.4, 0.5) is 0 Å². The summed E-state index contributed by atoms with van der Waals surface area (Å²) in [5.41, 5.74) is 0.800. The molecule has 21 heavy (non-hydrogen) atoms. The van der Waals surface area contributed by atoms with E-state index >= 15 is 0 Å². The molecule has 4 heteroatoms. The fourth-order valence-electron chi connectivity index (χ4n) is 2.72. The van der Waals surface area contributed by atoms with Crippen LogP contribution in [0.5, 0.6) is 5.75 Å². The molecular weight excluding hydrogens is 266 g/mol. The van der Waals surface area contributed by atoms with E-state index in [1.54, 1.807) is 0 Å². The van der Waals surface area contributed by atoms with E-state index in [0.29, 0.717) is 6.61 Å². The molecule has 0 radical (unpaired) electrons. The summed E-state index contributed by atoms with van der Waals surface area (Å²) >= 11 is 0. The van der Waals surface area contributed by atoms with Crippen LogP contribution < -0.4 is 4.74 Å². The molecule has 1 saturated heterocycles. The zero-order valence-electron chi connectivity index (χ0n) is 12.9. The van der Waals surface area contributed by atoms with Gasteiger partial charge in [-0.3, -0.25) is 9.69 Å². The lowest BCUT2D eigenvalue weighted by Crippen LogP contribution is -2.40. The molecule has 0 spiro atoms. The molecule has 0 saturated carbocycles. The number of benzene rings is 1. The lowest BCUT2D eigenvalue weighted by atomic mass is 9.89. The second-order valence-corrected chi connectivity index (χ2v) is 6.11. The number of nitrogens with zero attached hydrogens (tertiary/aromatic N) is 1. The molecule has 1 fully saturated rings. The quantitative estimate of drug-likeness (QED) is 0.875. The molecule has 1 aliphatic heterocycles. The number of piperidine rings is 1. The number of carboxylic acids is 1. The van der Waals surface area contributed by atoms with E-state index in [4.69, 9.17) is 9.84 Å². The zero-order chi connectivity index (χ0) is 15.2. The minimum Gasteiger partial charge on any atom is -0.492 e. The Labute approximate surface area is 126 Å². The molecule has 1 aromatic carbocycles. The third-order valence-electron chi connectivity index (χ3n) is 4.37. The number of carboxylic acid groups (broad SMARTS) is 1. The van der Waals surface area contributed by atoms with Crippen molar-refractivity contribution in [3.8, 4) is 5.75 Å². The molecule has 116 valence electrons. The van der Waals surface area contributed by atoms with Gasteiger partial charge in [-0.15, -0.1) is 0 Å². The summed E-state index contributed by atoms with van der Waals surface area (Å²) in [5, 5.41) is 8.73. The molecule has 0 aliphatic carbocycles. The fraction of sp³-hybridized carbons (Fsp3) is 0.588. The molecule has 0 aromatic heterocycles. The van der Waals surface area contributed by atoms with Gasteiger partial charge in [0.25, 0.3) is 0 Å². The van der Waals surface area contributed by atoms with Gasteiger partial charge in [0.2, 0.25) is 0 Å². The van der Waals surface area contributed by atoms with Crippen LogP contribution in [0, 0.1) is 11.8 Å². The second-order valence-electron chi connectivity index (χ2n) is 6.11. The average Bonchev–Trinajstić information content (AvgIpc) is 2.44. The van der Waals surface area contributed by atoms with E-state index < -0.39 is 5.97 Å². The summed E-state index contributed by atoms with van der Waals surface area (Å²) in [4.78, 5) is 13.1. The molecule has 2 rings (SSSR count). The van der Waals surface area contributed by atoms with Crippen molar-refractivity contribution in [3.05, 3.63) is 29.8 Å². The van der Waals surface area contributed by atoms with Crippen LogP contribution in [0.2, 0.25) is 0 Å². The standard InChI is InChI=1S/C17H25NO3/c1-13-7-8-18(12-14(13)2)9-10-21-16-5-3-15(4-6-16)11-17(19)20/h3-6,13-14H,7-12H2,1-2H3,(H,19,20). The zero-order valence-corrected chi connectivity index (χ0v) is 12.9. The number of aliphatic carboxylic acids is 1. The average molecular weight is 291 g/mol. The highest BCUT2D eigenvalue weighted by Gasteiger charge is 2.22. The lowest BCUT2D eigenvalue weighted by Gasteiger charge is -2.35. The summed E-state index contributed by atoms with van der Waals surface area (Å²) < 4.78 is 5.74. The van der Waals surface area contributed by atoms with Crippen molar-refractivity contribution < 1.29 is 14.6 Å². The van der Waals surface area contributed by atoms with E-state index in [-0.39, 0.29) is 6.42 Å². The SMILES string of the molecule is CC1CCN(CCOc2ccc(CC(=O)O)cc2)CC1C. The largest absolute Gasteiger partial charge is 0.492 e. The van der Waals surface area contributed by atoms with Crippen molar-refractivity contribution >= 4 is 5.97 Å². The number of ether oxygens (including phenoxy) is 1. The number of rotatable bonds is 6. The fourth-order valence-corrected chi connectivity index (χ4v) is 2.72. The van der Waals surface area contributed by atoms with Crippen molar-refractivity contribution in [1.82, 2.24) is 4.90 Å². The maximum absolute atomic E-state index is 10.6. The Bertz CT molecular complexity index is 458. The van der Waals surface area contributed by atoms with Crippen LogP contribution in [-0.4, -0.2) is 42.2 Å². The Morgan fingerprint density at radius 1 is 1.29 bits per heavy atom. The Balaban J connectivity index is 1.72. The highest BCUT2D eigenvalue weighted by molar-refractivity contribution is 5.70. The van der Waals surface area contributed by atoms with Gasteiger partial charge in [-0.25, -0.2) is 0 Å². The number of hydrogen-bond donors (Lipinski definition) is 1. The highest BCUT2D eigenvalue weighted by atomic mass is 16.5. The summed E-state index contributed by atoms with van der Waals surface area (Å²) in [6.45, 7) is 8.60. The van der Waals surface area contributed by atoms with E-state index in [2.05, 4.69) is 18.7 Å². The summed E-state index contributed by atoms with van der Waals surface area (Å²) in [5.74, 6) is 1.58. The van der Waals surface area contributed by atoms with Crippen molar-refractivity contribution in [2.75, 3.05) is 26.2 Å². The first kappa shape index (κ1) is 15.8. The van der Waals surface area contributed by atoms with E-state index in [9.17, 15) is 4.79 Å². The normalized spacial score (nSPS) is 23.0. The van der Waals surface area contributed by atoms with Gasteiger partial charge in [-0.05, 0) is 42.5 Å². The van der Waals surface area contributed by atoms with Gasteiger partial charge < -0.3 is 9.84 Å². The monoisotopic (exact) mass is 291 g/mol. The first-order valence-electron chi connectivity index (χ1n) is 7.70. The van der Waals surface area contributed by atoms with Gasteiger partial charge in [0, 0.05) is 13.1 Å². The molecule has 1 heterocycles. The summed E-state index contributed by atoms with van der Waals surface area (Å²) in [6.07, 6.45) is 1.33. The Hall–Kier alpha value is -1.55. The first-order chi connectivity index (χ1) is 10.0. The van der Waals surface area contributed by atoms with Gasteiger partial charge in [0.15, 0.2) is 0 Å². The molecule has 4 nitrogen and oxygen atoms in total. The highest BCUT2D eigenvalue weighted by Crippen LogP contribution is 2.22. The lowest BCUT2D eigenvalue weighted by molar-refractivity contribution is -0.136. The van der Waals surface area contributed by atoms with Crippen LogP contribution in [0.3, 0.4) is 0 Å². The molecule has 2 unspecified atom stereocenters. The molecule has 1 aliphatic rings. The van der Waals surface area contributed by atoms with Gasteiger partial charge in [-0.2, -0.15) is 0 Å². The van der Waals surface area contributed by atoms with Gasteiger partial charge in [0.05, 0.1) is 6.42 Å². The van der Waals surface area contributed by atoms with Crippen LogP contribution in [0.1, 0.15) is 25.8 Å². The topological polar surface area (TPSA) is 49.8 Å². The van der Waals surface area contributed by atoms with Gasteiger partial charge >= 0.3 is 5.97 Å². The molecule has 2 atom stereocenters. The maximum atomic E-state index is 10.6. The smallest absolute Gasteiger partial charge is 0.307 e. The Kier molecular flexibility index (Phi) is 5.62. The first-order valence-corrected chi connectivity index (χ1v) is 7.70. The molecule has 1 N–H and O–H groups in total. The third-order valence-corrected chi connectivity index (χ3v) is 4.37.